The molecule has 2 aromatic carbocycles. The Balaban J connectivity index is 2.10. The summed E-state index contributed by atoms with van der Waals surface area (Å²) in [6.07, 6.45) is 1.29. The molecule has 1 aliphatic rings. The zero-order valence-corrected chi connectivity index (χ0v) is 11.2. The molecule has 3 rings (SSSR count). The molecule has 2 aromatic rings. The van der Waals surface area contributed by atoms with Gasteiger partial charge in [-0.2, -0.15) is 0 Å². The van der Waals surface area contributed by atoms with Crippen LogP contribution < -0.4 is 4.90 Å². The molecule has 0 atom stereocenters. The minimum atomic E-state index is 0.794. The number of halogens is 1. The van der Waals surface area contributed by atoms with Gasteiger partial charge in [-0.1, -0.05) is 35.9 Å². The predicted octanol–water partition coefficient (Wildman–Crippen LogP) is 4.53. The van der Waals surface area contributed by atoms with E-state index in [1.165, 1.54) is 28.8 Å². The van der Waals surface area contributed by atoms with Crippen molar-refractivity contribution in [2.75, 3.05) is 18.0 Å². The highest BCUT2D eigenvalue weighted by Crippen LogP contribution is 2.35. The highest BCUT2D eigenvalue weighted by molar-refractivity contribution is 6.30. The summed E-state index contributed by atoms with van der Waals surface area (Å²) in [4.78, 5) is 2.43. The van der Waals surface area contributed by atoms with Crippen LogP contribution in [-0.2, 0) is 0 Å². The molecule has 0 aromatic heterocycles. The lowest BCUT2D eigenvalue weighted by Crippen LogP contribution is -2.37. The average Bonchev–Trinajstić information content (AvgIpc) is 2.27. The van der Waals surface area contributed by atoms with Crippen molar-refractivity contribution in [3.8, 4) is 11.1 Å². The van der Waals surface area contributed by atoms with E-state index >= 15 is 0 Å². The molecule has 0 radical (unpaired) electrons. The van der Waals surface area contributed by atoms with Gasteiger partial charge in [0.05, 0.1) is 0 Å². The highest BCUT2D eigenvalue weighted by Gasteiger charge is 2.18. The Bertz CT molecular complexity index is 573. The van der Waals surface area contributed by atoms with Crippen molar-refractivity contribution < 1.29 is 0 Å². The molecule has 18 heavy (non-hydrogen) atoms. The van der Waals surface area contributed by atoms with Gasteiger partial charge in [-0.25, -0.2) is 0 Å². The molecule has 0 bridgehead atoms. The number of hydrogen-bond donors (Lipinski definition) is 0. The first kappa shape index (κ1) is 11.6. The van der Waals surface area contributed by atoms with Crippen LogP contribution in [0, 0.1) is 6.92 Å². The summed E-state index contributed by atoms with van der Waals surface area (Å²) in [5.41, 5.74) is 5.12. The molecule has 1 fully saturated rings. The van der Waals surface area contributed by atoms with E-state index in [0.29, 0.717) is 0 Å². The summed E-state index contributed by atoms with van der Waals surface area (Å²) in [5, 5.41) is 0.794. The SMILES string of the molecule is Cc1ccc(-c2cccc(Cl)c2)c(N2CCC2)c1. The molecule has 0 amide bonds. The summed E-state index contributed by atoms with van der Waals surface area (Å²) in [6.45, 7) is 4.47. The summed E-state index contributed by atoms with van der Waals surface area (Å²) >= 11 is 6.09. The van der Waals surface area contributed by atoms with Crippen LogP contribution in [0.1, 0.15) is 12.0 Å². The van der Waals surface area contributed by atoms with E-state index in [0.717, 1.165) is 18.1 Å². The Morgan fingerprint density at radius 3 is 2.56 bits per heavy atom. The fourth-order valence-electron chi connectivity index (χ4n) is 2.36. The van der Waals surface area contributed by atoms with E-state index in [1.54, 1.807) is 0 Å². The maximum Gasteiger partial charge on any atom is 0.0448 e. The lowest BCUT2D eigenvalue weighted by atomic mass is 9.99. The molecule has 1 nitrogen and oxygen atoms in total. The third kappa shape index (κ3) is 2.11. The van der Waals surface area contributed by atoms with Crippen LogP contribution >= 0.6 is 11.6 Å². The van der Waals surface area contributed by atoms with E-state index in [4.69, 9.17) is 11.6 Å². The molecule has 0 saturated carbocycles. The molecule has 2 heteroatoms. The second-order valence-corrected chi connectivity index (χ2v) is 5.31. The van der Waals surface area contributed by atoms with Crippen LogP contribution in [0.4, 0.5) is 5.69 Å². The molecule has 0 spiro atoms. The van der Waals surface area contributed by atoms with E-state index in [2.05, 4.69) is 36.1 Å². The van der Waals surface area contributed by atoms with Crippen molar-refractivity contribution >= 4 is 17.3 Å². The van der Waals surface area contributed by atoms with E-state index in [1.807, 2.05) is 18.2 Å². The molecule has 1 heterocycles. The monoisotopic (exact) mass is 257 g/mol. The lowest BCUT2D eigenvalue weighted by molar-refractivity contribution is 0.618. The number of anilines is 1. The number of aryl methyl sites for hydroxylation is 1. The van der Waals surface area contributed by atoms with E-state index < -0.39 is 0 Å². The molecule has 0 aliphatic carbocycles. The van der Waals surface area contributed by atoms with Crippen molar-refractivity contribution in [1.29, 1.82) is 0 Å². The Kier molecular flexibility index (Phi) is 3.00. The average molecular weight is 258 g/mol. The number of nitrogens with zero attached hydrogens (tertiary/aromatic N) is 1. The van der Waals surface area contributed by atoms with Gasteiger partial charge < -0.3 is 4.90 Å². The zero-order valence-electron chi connectivity index (χ0n) is 10.5. The summed E-state index contributed by atoms with van der Waals surface area (Å²) in [7, 11) is 0. The van der Waals surface area contributed by atoms with Crippen LogP contribution in [0.2, 0.25) is 5.02 Å². The summed E-state index contributed by atoms with van der Waals surface area (Å²) in [5.74, 6) is 0. The van der Waals surface area contributed by atoms with Crippen LogP contribution in [0.25, 0.3) is 11.1 Å². The first-order chi connectivity index (χ1) is 8.74. The normalized spacial score (nSPS) is 14.4. The van der Waals surface area contributed by atoms with Gasteiger partial charge in [0.15, 0.2) is 0 Å². The van der Waals surface area contributed by atoms with E-state index in [9.17, 15) is 0 Å². The lowest BCUT2D eigenvalue weighted by Gasteiger charge is -2.35. The second-order valence-electron chi connectivity index (χ2n) is 4.87. The number of benzene rings is 2. The maximum atomic E-state index is 6.09. The van der Waals surface area contributed by atoms with Crippen molar-refractivity contribution in [3.05, 3.63) is 53.1 Å². The van der Waals surface area contributed by atoms with Gasteiger partial charge in [0, 0.05) is 29.4 Å². The molecule has 1 saturated heterocycles. The van der Waals surface area contributed by atoms with Crippen molar-refractivity contribution in [2.24, 2.45) is 0 Å². The van der Waals surface area contributed by atoms with Gasteiger partial charge in [-0.15, -0.1) is 0 Å². The molecule has 0 N–H and O–H groups in total. The Morgan fingerprint density at radius 2 is 1.89 bits per heavy atom. The molecule has 1 aliphatic heterocycles. The first-order valence-corrected chi connectivity index (χ1v) is 6.73. The quantitative estimate of drug-likeness (QED) is 0.764. The smallest absolute Gasteiger partial charge is 0.0448 e. The van der Waals surface area contributed by atoms with Crippen molar-refractivity contribution in [3.63, 3.8) is 0 Å². The molecular formula is C16H16ClN. The molecule has 92 valence electrons. The van der Waals surface area contributed by atoms with Crippen molar-refractivity contribution in [1.82, 2.24) is 0 Å². The van der Waals surface area contributed by atoms with Crippen LogP contribution in [0.3, 0.4) is 0 Å². The fourth-order valence-corrected chi connectivity index (χ4v) is 2.55. The summed E-state index contributed by atoms with van der Waals surface area (Å²) in [6, 6.07) is 14.7. The van der Waals surface area contributed by atoms with Gasteiger partial charge in [-0.3, -0.25) is 0 Å². The van der Waals surface area contributed by atoms with Crippen LogP contribution in [0.5, 0.6) is 0 Å². The largest absolute Gasteiger partial charge is 0.371 e. The van der Waals surface area contributed by atoms with Gasteiger partial charge in [0.25, 0.3) is 0 Å². The second kappa shape index (κ2) is 4.66. The first-order valence-electron chi connectivity index (χ1n) is 6.35. The Labute approximate surface area is 113 Å². The van der Waals surface area contributed by atoms with Gasteiger partial charge in [0.1, 0.15) is 0 Å². The third-order valence-corrected chi connectivity index (χ3v) is 3.72. The van der Waals surface area contributed by atoms with Gasteiger partial charge >= 0.3 is 0 Å². The van der Waals surface area contributed by atoms with Crippen LogP contribution in [0.15, 0.2) is 42.5 Å². The standard InChI is InChI=1S/C16H16ClN/c1-12-6-7-15(13-4-2-5-14(17)11-13)16(10-12)18-8-3-9-18/h2,4-7,10-11H,3,8-9H2,1H3. The fraction of sp³-hybridized carbons (Fsp3) is 0.250. The maximum absolute atomic E-state index is 6.09. The topological polar surface area (TPSA) is 3.24 Å². The highest BCUT2D eigenvalue weighted by atomic mass is 35.5. The number of hydrogen-bond acceptors (Lipinski definition) is 1. The van der Waals surface area contributed by atoms with Gasteiger partial charge in [-0.05, 0) is 42.7 Å². The van der Waals surface area contributed by atoms with Gasteiger partial charge in [0.2, 0.25) is 0 Å². The Morgan fingerprint density at radius 1 is 1.06 bits per heavy atom. The molecule has 0 unspecified atom stereocenters. The number of rotatable bonds is 2. The van der Waals surface area contributed by atoms with Crippen molar-refractivity contribution in [2.45, 2.75) is 13.3 Å². The third-order valence-electron chi connectivity index (χ3n) is 3.49. The van der Waals surface area contributed by atoms with E-state index in [-0.39, 0.29) is 0 Å². The molecular weight excluding hydrogens is 242 g/mol. The minimum absolute atomic E-state index is 0.794. The zero-order chi connectivity index (χ0) is 12.5. The minimum Gasteiger partial charge on any atom is -0.371 e. The predicted molar refractivity (Wildman–Crippen MR) is 78.5 cm³/mol. The Hall–Kier alpha value is -1.47. The van der Waals surface area contributed by atoms with Crippen LogP contribution in [-0.4, -0.2) is 13.1 Å². The summed E-state index contributed by atoms with van der Waals surface area (Å²) < 4.78 is 0.